The highest BCUT2D eigenvalue weighted by molar-refractivity contribution is 7.16. The Morgan fingerprint density at radius 1 is 1.32 bits per heavy atom. The summed E-state index contributed by atoms with van der Waals surface area (Å²) in [6, 6.07) is 5.59. The zero-order valence-corrected chi connectivity index (χ0v) is 17.8. The Bertz CT molecular complexity index is 1140. The van der Waals surface area contributed by atoms with E-state index in [1.807, 2.05) is 23.9 Å². The lowest BCUT2D eigenvalue weighted by Crippen LogP contribution is -2.49. The second kappa shape index (κ2) is 8.05. The highest BCUT2D eigenvalue weighted by Gasteiger charge is 2.30. The molecule has 2 aliphatic rings. The first kappa shape index (κ1) is 20.1. The van der Waals surface area contributed by atoms with Gasteiger partial charge in [-0.1, -0.05) is 17.4 Å². The number of nitrogens with zero attached hydrogens (tertiary/aromatic N) is 2. The third-order valence-corrected chi connectivity index (χ3v) is 6.95. The third-order valence-electron chi connectivity index (χ3n) is 5.91. The summed E-state index contributed by atoms with van der Waals surface area (Å²) in [6.45, 7) is 4.46. The Morgan fingerprint density at radius 3 is 3.03 bits per heavy atom. The Kier molecular flexibility index (Phi) is 5.23. The fourth-order valence-corrected chi connectivity index (χ4v) is 5.31. The third kappa shape index (κ3) is 3.72. The molecule has 2 N–H and O–H groups in total. The van der Waals surface area contributed by atoms with E-state index < -0.39 is 11.6 Å². The molecule has 0 bridgehead atoms. The molecule has 31 heavy (non-hydrogen) atoms. The molecule has 1 amide bonds. The van der Waals surface area contributed by atoms with Crippen molar-refractivity contribution in [2.75, 3.05) is 19.7 Å². The maximum atomic E-state index is 13.8. The second-order valence-electron chi connectivity index (χ2n) is 7.91. The number of hydrogen-bond donors (Lipinski definition) is 2. The molecule has 2 aromatic heterocycles. The standard InChI is InChI=1S/C22H22F2N4O2S/c1-12-10-26-28-6-7-30-22-15(20(12)28)9-19(31-22)21(29)27-18-11-25-5-4-14(18)13-2-3-16(23)17(24)8-13/h2-3,8-10,14,18,25H,4-7,11H2,1H3,(H,27,29)/t14-,18+/m0/s1. The molecule has 162 valence electrons. The fourth-order valence-electron chi connectivity index (χ4n) is 4.37. The maximum Gasteiger partial charge on any atom is 0.261 e. The van der Waals surface area contributed by atoms with E-state index in [1.54, 1.807) is 6.07 Å². The van der Waals surface area contributed by atoms with Crippen LogP contribution >= 0.6 is 11.3 Å². The van der Waals surface area contributed by atoms with E-state index in [-0.39, 0.29) is 17.9 Å². The number of aryl methyl sites for hydroxylation is 1. The molecular weight excluding hydrogens is 422 g/mol. The number of carbonyl (C=O) groups excluding carboxylic acids is 1. The van der Waals surface area contributed by atoms with Crippen LogP contribution in [0.1, 0.15) is 33.1 Å². The van der Waals surface area contributed by atoms with Gasteiger partial charge in [0.05, 0.1) is 28.9 Å². The number of rotatable bonds is 3. The molecule has 9 heteroatoms. The molecule has 0 spiro atoms. The van der Waals surface area contributed by atoms with Gasteiger partial charge in [0.2, 0.25) is 0 Å². The molecule has 0 saturated carbocycles. The number of carbonyl (C=O) groups is 1. The predicted molar refractivity (Wildman–Crippen MR) is 114 cm³/mol. The molecule has 2 atom stereocenters. The first-order valence-corrected chi connectivity index (χ1v) is 11.1. The van der Waals surface area contributed by atoms with E-state index in [0.717, 1.165) is 35.9 Å². The number of fused-ring (bicyclic) bond motifs is 3. The van der Waals surface area contributed by atoms with E-state index in [9.17, 15) is 13.6 Å². The molecule has 3 aromatic rings. The van der Waals surface area contributed by atoms with Gasteiger partial charge >= 0.3 is 0 Å². The Hall–Kier alpha value is -2.78. The van der Waals surface area contributed by atoms with Gasteiger partial charge in [0.25, 0.3) is 5.91 Å². The molecule has 0 radical (unpaired) electrons. The molecule has 1 aromatic carbocycles. The van der Waals surface area contributed by atoms with Crippen LogP contribution in [0.25, 0.3) is 11.3 Å². The van der Waals surface area contributed by atoms with Gasteiger partial charge in [0.15, 0.2) is 16.7 Å². The number of benzene rings is 1. The van der Waals surface area contributed by atoms with Crippen LogP contribution in [0, 0.1) is 18.6 Å². The average molecular weight is 445 g/mol. The monoisotopic (exact) mass is 444 g/mol. The quantitative estimate of drug-likeness (QED) is 0.649. The summed E-state index contributed by atoms with van der Waals surface area (Å²) >= 11 is 1.32. The van der Waals surface area contributed by atoms with Crippen LogP contribution in [-0.2, 0) is 6.54 Å². The molecule has 1 fully saturated rings. The van der Waals surface area contributed by atoms with Crippen molar-refractivity contribution in [2.24, 2.45) is 0 Å². The van der Waals surface area contributed by atoms with Crippen molar-refractivity contribution in [1.29, 1.82) is 0 Å². The largest absolute Gasteiger partial charge is 0.481 e. The number of nitrogens with one attached hydrogen (secondary N) is 2. The summed E-state index contributed by atoms with van der Waals surface area (Å²) in [5.74, 6) is -2.04. The summed E-state index contributed by atoms with van der Waals surface area (Å²) in [7, 11) is 0. The minimum Gasteiger partial charge on any atom is -0.481 e. The number of halogens is 2. The van der Waals surface area contributed by atoms with E-state index >= 15 is 0 Å². The van der Waals surface area contributed by atoms with Gasteiger partial charge in [0, 0.05) is 18.5 Å². The van der Waals surface area contributed by atoms with Crippen LogP contribution in [-0.4, -0.2) is 41.4 Å². The van der Waals surface area contributed by atoms with E-state index in [1.165, 1.54) is 17.4 Å². The van der Waals surface area contributed by atoms with Gasteiger partial charge < -0.3 is 15.4 Å². The summed E-state index contributed by atoms with van der Waals surface area (Å²) in [5.41, 5.74) is 3.57. The average Bonchev–Trinajstić information content (AvgIpc) is 3.29. The van der Waals surface area contributed by atoms with Crippen LogP contribution < -0.4 is 15.4 Å². The zero-order chi connectivity index (χ0) is 21.5. The van der Waals surface area contributed by atoms with Crippen LogP contribution in [0.3, 0.4) is 0 Å². The lowest BCUT2D eigenvalue weighted by molar-refractivity contribution is 0.0928. The summed E-state index contributed by atoms with van der Waals surface area (Å²) in [6.07, 6.45) is 2.54. The number of aromatic nitrogens is 2. The molecule has 6 nitrogen and oxygen atoms in total. The molecule has 4 heterocycles. The van der Waals surface area contributed by atoms with E-state index in [2.05, 4.69) is 15.7 Å². The zero-order valence-electron chi connectivity index (χ0n) is 17.0. The Balaban J connectivity index is 1.40. The van der Waals surface area contributed by atoms with Crippen molar-refractivity contribution in [3.63, 3.8) is 0 Å². The van der Waals surface area contributed by atoms with Crippen LogP contribution in [0.2, 0.25) is 0 Å². The first-order chi connectivity index (χ1) is 15.0. The molecular formula is C22H22F2N4O2S. The van der Waals surface area contributed by atoms with Gasteiger partial charge in [-0.3, -0.25) is 9.48 Å². The van der Waals surface area contributed by atoms with Crippen molar-refractivity contribution >= 4 is 17.2 Å². The van der Waals surface area contributed by atoms with Gasteiger partial charge in [-0.05, 0) is 49.2 Å². The van der Waals surface area contributed by atoms with Gasteiger partial charge in [-0.2, -0.15) is 5.10 Å². The minimum atomic E-state index is -0.868. The van der Waals surface area contributed by atoms with Crippen LogP contribution in [0.4, 0.5) is 8.78 Å². The fraction of sp³-hybridized carbons (Fsp3) is 0.364. The highest BCUT2D eigenvalue weighted by Crippen LogP contribution is 2.41. The van der Waals surface area contributed by atoms with Crippen LogP contribution in [0.5, 0.6) is 5.06 Å². The number of hydrogen-bond acceptors (Lipinski definition) is 5. The minimum absolute atomic E-state index is 0.0991. The van der Waals surface area contributed by atoms with Gasteiger partial charge in [-0.15, -0.1) is 0 Å². The van der Waals surface area contributed by atoms with Gasteiger partial charge in [0.1, 0.15) is 6.61 Å². The summed E-state index contributed by atoms with van der Waals surface area (Å²) < 4.78 is 34.9. The first-order valence-electron chi connectivity index (χ1n) is 10.3. The van der Waals surface area contributed by atoms with Crippen molar-refractivity contribution in [3.05, 3.63) is 58.1 Å². The lowest BCUT2D eigenvalue weighted by atomic mass is 9.86. The second-order valence-corrected chi connectivity index (χ2v) is 8.93. The normalized spacial score (nSPS) is 20.4. The number of piperidine rings is 1. The van der Waals surface area contributed by atoms with Crippen molar-refractivity contribution in [2.45, 2.75) is 31.8 Å². The SMILES string of the molecule is Cc1cnn2c1-c1cc(C(=O)N[C@@H]3CNCC[C@H]3c3ccc(F)c(F)c3)sc1OCC2. The number of thiophene rings is 1. The molecule has 0 aliphatic carbocycles. The highest BCUT2D eigenvalue weighted by atomic mass is 32.1. The smallest absolute Gasteiger partial charge is 0.261 e. The lowest BCUT2D eigenvalue weighted by Gasteiger charge is -2.33. The number of amides is 1. The maximum absolute atomic E-state index is 13.8. The van der Waals surface area contributed by atoms with Crippen LogP contribution in [0.15, 0.2) is 30.5 Å². The summed E-state index contributed by atoms with van der Waals surface area (Å²) in [5, 5.41) is 11.5. The Morgan fingerprint density at radius 2 is 2.19 bits per heavy atom. The topological polar surface area (TPSA) is 68.2 Å². The number of ether oxygens (including phenoxy) is 1. The summed E-state index contributed by atoms with van der Waals surface area (Å²) in [4.78, 5) is 13.7. The van der Waals surface area contributed by atoms with E-state index in [0.29, 0.717) is 35.2 Å². The van der Waals surface area contributed by atoms with E-state index in [4.69, 9.17) is 4.74 Å². The molecule has 1 saturated heterocycles. The molecule has 0 unspecified atom stereocenters. The Labute approximate surface area is 182 Å². The van der Waals surface area contributed by atoms with Crippen molar-refractivity contribution in [3.8, 4) is 16.3 Å². The molecule has 2 aliphatic heterocycles. The predicted octanol–water partition coefficient (Wildman–Crippen LogP) is 3.47. The van der Waals surface area contributed by atoms with Crippen molar-refractivity contribution in [1.82, 2.24) is 20.4 Å². The van der Waals surface area contributed by atoms with Gasteiger partial charge in [-0.25, -0.2) is 8.78 Å². The molecule has 5 rings (SSSR count). The van der Waals surface area contributed by atoms with Crippen molar-refractivity contribution < 1.29 is 18.3 Å².